The second-order valence-electron chi connectivity index (χ2n) is 13.6. The Balaban J connectivity index is 1.50. The predicted molar refractivity (Wildman–Crippen MR) is 139 cm³/mol. The van der Waals surface area contributed by atoms with Crippen molar-refractivity contribution in [2.75, 3.05) is 0 Å². The molecule has 0 bridgehead atoms. The molecule has 5 heteroatoms. The molecular formula is C31H44O5. The van der Waals surface area contributed by atoms with Crippen LogP contribution in [0.1, 0.15) is 98.1 Å². The first-order valence-corrected chi connectivity index (χ1v) is 13.9. The molecular weight excluding hydrogens is 452 g/mol. The third-order valence-corrected chi connectivity index (χ3v) is 11.1. The van der Waals surface area contributed by atoms with E-state index in [1.54, 1.807) is 6.92 Å². The Morgan fingerprint density at radius 3 is 2.17 bits per heavy atom. The van der Waals surface area contributed by atoms with Crippen molar-refractivity contribution < 1.29 is 23.8 Å². The Labute approximate surface area is 216 Å². The highest BCUT2D eigenvalue weighted by Gasteiger charge is 2.67. The number of hydrogen-bond acceptors (Lipinski definition) is 5. The van der Waals surface area contributed by atoms with Crippen molar-refractivity contribution in [3.05, 3.63) is 23.3 Å². The standard InChI is InChI=1S/C31H44O5/c1-18-15-22(34-19(2)32)16-21-17-25-30(7)12-9-23-28(4,5)26(35-20(3)33)11-13-29(23,6)24(30)10-14-31(25,8)36-27(18)21/h15-16,23-26H,9-14,17H2,1-8H3/t23-,24-,25+,26-,29-,30-,31+/m0/s1. The molecule has 0 N–H and O–H groups in total. The summed E-state index contributed by atoms with van der Waals surface area (Å²) in [5, 5.41) is 0. The smallest absolute Gasteiger partial charge is 0.308 e. The lowest BCUT2D eigenvalue weighted by molar-refractivity contribution is -0.228. The molecule has 5 nitrogen and oxygen atoms in total. The molecule has 1 aliphatic heterocycles. The average Bonchev–Trinajstić information content (AvgIpc) is 2.74. The molecule has 0 radical (unpaired) electrons. The fourth-order valence-corrected chi connectivity index (χ4v) is 9.71. The Bertz CT molecular complexity index is 1090. The SMILES string of the molecule is CC(=O)Oc1cc(C)c2c(c1)C[C@@H]1[C@@]3(C)CC[C@H]4C(C)(C)[C@@H](OC(C)=O)CC[C@]4(C)[C@@H]3CC[C@@]1(C)O2. The molecule has 3 saturated carbocycles. The fraction of sp³-hybridized carbons (Fsp3) is 0.742. The second kappa shape index (κ2) is 8.23. The molecule has 0 aromatic heterocycles. The highest BCUT2D eigenvalue weighted by Crippen LogP contribution is 2.71. The van der Waals surface area contributed by atoms with E-state index in [9.17, 15) is 9.59 Å². The number of benzene rings is 1. The van der Waals surface area contributed by atoms with Crippen LogP contribution in [0.5, 0.6) is 11.5 Å². The van der Waals surface area contributed by atoms with Crippen LogP contribution in [0.4, 0.5) is 0 Å². The average molecular weight is 497 g/mol. The molecule has 1 aromatic rings. The largest absolute Gasteiger partial charge is 0.487 e. The van der Waals surface area contributed by atoms with Gasteiger partial charge < -0.3 is 14.2 Å². The van der Waals surface area contributed by atoms with Crippen LogP contribution in [0.3, 0.4) is 0 Å². The van der Waals surface area contributed by atoms with E-state index in [4.69, 9.17) is 14.2 Å². The van der Waals surface area contributed by atoms with Crippen LogP contribution in [0, 0.1) is 40.9 Å². The first kappa shape index (κ1) is 25.6. The Kier molecular flexibility index (Phi) is 5.85. The number of rotatable bonds is 2. The summed E-state index contributed by atoms with van der Waals surface area (Å²) in [6.07, 6.45) is 7.54. The van der Waals surface area contributed by atoms with Gasteiger partial charge in [0.25, 0.3) is 0 Å². The van der Waals surface area contributed by atoms with Crippen LogP contribution in [-0.4, -0.2) is 23.6 Å². The van der Waals surface area contributed by atoms with Gasteiger partial charge in [-0.2, -0.15) is 0 Å². The van der Waals surface area contributed by atoms with Crippen LogP contribution >= 0.6 is 0 Å². The minimum Gasteiger partial charge on any atom is -0.487 e. The molecule has 0 unspecified atom stereocenters. The minimum atomic E-state index is -0.293. The van der Waals surface area contributed by atoms with E-state index in [-0.39, 0.29) is 39.9 Å². The molecule has 0 spiro atoms. The van der Waals surface area contributed by atoms with Crippen molar-refractivity contribution in [3.8, 4) is 11.5 Å². The summed E-state index contributed by atoms with van der Waals surface area (Å²) in [6, 6.07) is 3.95. The zero-order valence-electron chi connectivity index (χ0n) is 23.5. The van der Waals surface area contributed by atoms with Gasteiger partial charge in [-0.3, -0.25) is 9.59 Å². The van der Waals surface area contributed by atoms with Gasteiger partial charge >= 0.3 is 11.9 Å². The van der Waals surface area contributed by atoms with Gasteiger partial charge in [0.2, 0.25) is 0 Å². The number of ether oxygens (including phenoxy) is 3. The lowest BCUT2D eigenvalue weighted by Gasteiger charge is -2.69. The third-order valence-electron chi connectivity index (χ3n) is 11.1. The van der Waals surface area contributed by atoms with Crippen molar-refractivity contribution in [2.24, 2.45) is 34.0 Å². The van der Waals surface area contributed by atoms with Crippen LogP contribution in [0.15, 0.2) is 12.1 Å². The molecule has 7 atom stereocenters. The van der Waals surface area contributed by atoms with E-state index < -0.39 is 0 Å². The van der Waals surface area contributed by atoms with Crippen molar-refractivity contribution >= 4 is 11.9 Å². The maximum absolute atomic E-state index is 11.9. The molecule has 0 saturated heterocycles. The van der Waals surface area contributed by atoms with Crippen molar-refractivity contribution in [1.82, 2.24) is 0 Å². The van der Waals surface area contributed by atoms with E-state index in [0.29, 0.717) is 23.5 Å². The Morgan fingerprint density at radius 2 is 1.50 bits per heavy atom. The zero-order chi connectivity index (χ0) is 26.3. The summed E-state index contributed by atoms with van der Waals surface area (Å²) in [5.41, 5.74) is 2.35. The van der Waals surface area contributed by atoms with Crippen LogP contribution in [-0.2, 0) is 20.7 Å². The van der Waals surface area contributed by atoms with E-state index in [0.717, 1.165) is 49.8 Å². The van der Waals surface area contributed by atoms with Gasteiger partial charge in [0.15, 0.2) is 0 Å². The lowest BCUT2D eigenvalue weighted by Crippen LogP contribution is -2.66. The van der Waals surface area contributed by atoms with Gasteiger partial charge in [-0.25, -0.2) is 0 Å². The molecule has 5 rings (SSSR count). The summed E-state index contributed by atoms with van der Waals surface area (Å²) < 4.78 is 18.2. The number of carbonyl (C=O) groups excluding carboxylic acids is 2. The highest BCUT2D eigenvalue weighted by molar-refractivity contribution is 5.70. The van der Waals surface area contributed by atoms with Crippen molar-refractivity contribution in [2.45, 2.75) is 112 Å². The van der Waals surface area contributed by atoms with Gasteiger partial charge in [0.05, 0.1) is 0 Å². The van der Waals surface area contributed by atoms with Gasteiger partial charge in [-0.15, -0.1) is 0 Å². The van der Waals surface area contributed by atoms with E-state index in [1.807, 2.05) is 12.1 Å². The second-order valence-corrected chi connectivity index (χ2v) is 13.6. The monoisotopic (exact) mass is 496 g/mol. The van der Waals surface area contributed by atoms with Crippen LogP contribution in [0.25, 0.3) is 0 Å². The maximum Gasteiger partial charge on any atom is 0.308 e. The van der Waals surface area contributed by atoms with Crippen molar-refractivity contribution in [1.29, 1.82) is 0 Å². The molecule has 1 aromatic carbocycles. The number of hydrogen-bond donors (Lipinski definition) is 0. The molecule has 198 valence electrons. The minimum absolute atomic E-state index is 0.00106. The number of carbonyl (C=O) groups is 2. The fourth-order valence-electron chi connectivity index (χ4n) is 9.71. The van der Waals surface area contributed by atoms with Gasteiger partial charge in [-0.1, -0.05) is 27.7 Å². The maximum atomic E-state index is 11.9. The summed E-state index contributed by atoms with van der Waals surface area (Å²) in [7, 11) is 0. The third kappa shape index (κ3) is 3.70. The molecule has 3 fully saturated rings. The predicted octanol–water partition coefficient (Wildman–Crippen LogP) is 6.81. The summed E-state index contributed by atoms with van der Waals surface area (Å²) >= 11 is 0. The summed E-state index contributed by atoms with van der Waals surface area (Å²) in [6.45, 7) is 17.1. The Hall–Kier alpha value is -2.04. The number of aryl methyl sites for hydroxylation is 1. The first-order chi connectivity index (χ1) is 16.7. The van der Waals surface area contributed by atoms with Crippen LogP contribution < -0.4 is 9.47 Å². The summed E-state index contributed by atoms with van der Waals surface area (Å²) in [5.74, 6) is 2.67. The van der Waals surface area contributed by atoms with E-state index in [2.05, 4.69) is 41.5 Å². The van der Waals surface area contributed by atoms with E-state index in [1.165, 1.54) is 18.9 Å². The first-order valence-electron chi connectivity index (χ1n) is 13.9. The van der Waals surface area contributed by atoms with Gasteiger partial charge in [0.1, 0.15) is 23.2 Å². The quantitative estimate of drug-likeness (QED) is 0.332. The lowest BCUT2D eigenvalue weighted by atomic mass is 9.37. The molecule has 3 aliphatic carbocycles. The molecule has 36 heavy (non-hydrogen) atoms. The zero-order valence-corrected chi connectivity index (χ0v) is 23.5. The highest BCUT2D eigenvalue weighted by atomic mass is 16.5. The van der Waals surface area contributed by atoms with Gasteiger partial charge in [-0.05, 0) is 105 Å². The topological polar surface area (TPSA) is 61.8 Å². The van der Waals surface area contributed by atoms with Gasteiger partial charge in [0, 0.05) is 25.2 Å². The number of fused-ring (bicyclic) bond motifs is 6. The van der Waals surface area contributed by atoms with Crippen LogP contribution in [0.2, 0.25) is 0 Å². The normalized spacial score (nSPS) is 40.4. The molecule has 0 amide bonds. The Morgan fingerprint density at radius 1 is 0.861 bits per heavy atom. The number of esters is 2. The molecule has 4 aliphatic rings. The summed E-state index contributed by atoms with van der Waals surface area (Å²) in [4.78, 5) is 23.5. The van der Waals surface area contributed by atoms with E-state index >= 15 is 0 Å². The molecule has 1 heterocycles. The van der Waals surface area contributed by atoms with Crippen molar-refractivity contribution in [3.63, 3.8) is 0 Å².